The first-order valence-corrected chi connectivity index (χ1v) is 13.6. The quantitative estimate of drug-likeness (QED) is 0.258. The van der Waals surface area contributed by atoms with Crippen LogP contribution in [-0.4, -0.2) is 49.9 Å². The summed E-state index contributed by atoms with van der Waals surface area (Å²) in [5, 5.41) is 12.1. The van der Waals surface area contributed by atoms with Crippen LogP contribution in [0.15, 0.2) is 42.7 Å². The molecule has 3 aromatic heterocycles. The number of nitrogens with one attached hydrogen (secondary N) is 1. The van der Waals surface area contributed by atoms with E-state index in [-0.39, 0.29) is 0 Å². The van der Waals surface area contributed by atoms with Gasteiger partial charge in [0.1, 0.15) is 22.7 Å². The van der Waals surface area contributed by atoms with Gasteiger partial charge in [-0.3, -0.25) is 9.63 Å². The van der Waals surface area contributed by atoms with Gasteiger partial charge in [0.2, 0.25) is 0 Å². The van der Waals surface area contributed by atoms with Gasteiger partial charge in [-0.1, -0.05) is 12.1 Å². The van der Waals surface area contributed by atoms with Gasteiger partial charge in [-0.2, -0.15) is 5.26 Å². The van der Waals surface area contributed by atoms with E-state index in [0.29, 0.717) is 53.7 Å². The molecule has 1 aromatic carbocycles. The van der Waals surface area contributed by atoms with Crippen molar-refractivity contribution in [2.75, 3.05) is 23.8 Å². The summed E-state index contributed by atoms with van der Waals surface area (Å²) in [7, 11) is 0. The van der Waals surface area contributed by atoms with E-state index in [1.54, 1.807) is 43.6 Å². The summed E-state index contributed by atoms with van der Waals surface area (Å²) in [6.45, 7) is 8.62. The smallest absolute Gasteiger partial charge is 0.420 e. The maximum absolute atomic E-state index is 12.9. The number of nitrogens with zero attached hydrogens (tertiary/aromatic N) is 6. The van der Waals surface area contributed by atoms with Crippen molar-refractivity contribution < 1.29 is 19.2 Å². The number of pyridine rings is 1. The molecule has 1 aliphatic heterocycles. The van der Waals surface area contributed by atoms with Crippen LogP contribution in [0.1, 0.15) is 69.2 Å². The second kappa shape index (κ2) is 11.1. The fourth-order valence-corrected chi connectivity index (χ4v) is 5.07. The molecule has 0 saturated carbocycles. The molecule has 12 heteroatoms. The Bertz CT molecular complexity index is 1640. The van der Waals surface area contributed by atoms with Crippen LogP contribution in [0.25, 0.3) is 22.1 Å². The van der Waals surface area contributed by atoms with Crippen LogP contribution in [0, 0.1) is 17.2 Å². The average Bonchev–Trinajstić information content (AvgIpc) is 3.53. The number of para-hydroxylation sites is 1. The lowest BCUT2D eigenvalue weighted by atomic mass is 9.95. The van der Waals surface area contributed by atoms with Gasteiger partial charge in [0.25, 0.3) is 5.91 Å². The first-order chi connectivity index (χ1) is 19.6. The second-order valence-electron chi connectivity index (χ2n) is 11.2. The summed E-state index contributed by atoms with van der Waals surface area (Å²) in [4.78, 5) is 40.9. The third kappa shape index (κ3) is 5.67. The van der Waals surface area contributed by atoms with E-state index in [1.165, 1.54) is 4.57 Å². The lowest BCUT2D eigenvalue weighted by molar-refractivity contribution is -0.0139. The van der Waals surface area contributed by atoms with Crippen LogP contribution >= 0.6 is 0 Å². The number of anilines is 1. The lowest BCUT2D eigenvalue weighted by Gasteiger charge is -2.35. The first-order valence-electron chi connectivity index (χ1n) is 13.6. The fourth-order valence-electron chi connectivity index (χ4n) is 5.07. The zero-order chi connectivity index (χ0) is 29.3. The number of aromatic nitrogens is 4. The number of hydroxylamine groups is 1. The van der Waals surface area contributed by atoms with E-state index in [1.807, 2.05) is 31.5 Å². The highest BCUT2D eigenvalue weighted by atomic mass is 16.7. The van der Waals surface area contributed by atoms with Gasteiger partial charge >= 0.3 is 6.09 Å². The Balaban J connectivity index is 1.53. The molecule has 4 heterocycles. The van der Waals surface area contributed by atoms with Gasteiger partial charge < -0.3 is 15.5 Å². The highest BCUT2D eigenvalue weighted by molar-refractivity contribution is 6.04. The standard InChI is InChI=1S/C29H34N8O4/c1-18(41-34-27(38)20-7-5-6-8-22(20)31)25-33-23-17-32-26-21(12-16-36(26)28(39)40-29(2,3)4)24(23)37(25)35-14-10-19(9-13-30)11-15-35/h5-8,12,16-19H,9-11,14-15,31H2,1-4H3,(H,34,38)/t18-/m1/s1. The number of hydrogen-bond acceptors (Lipinski definition) is 9. The Morgan fingerprint density at radius 2 is 1.95 bits per heavy atom. The van der Waals surface area contributed by atoms with Crippen molar-refractivity contribution in [3.8, 4) is 6.07 Å². The van der Waals surface area contributed by atoms with Crippen LogP contribution in [0.2, 0.25) is 0 Å². The minimum absolute atomic E-state index is 0.308. The Labute approximate surface area is 237 Å². The number of fused-ring (bicyclic) bond motifs is 3. The van der Waals surface area contributed by atoms with Crippen molar-refractivity contribution >= 4 is 39.8 Å². The number of ether oxygens (including phenoxy) is 1. The van der Waals surface area contributed by atoms with Gasteiger partial charge in [0.15, 0.2) is 11.5 Å². The van der Waals surface area contributed by atoms with Crippen molar-refractivity contribution in [2.45, 2.75) is 58.7 Å². The van der Waals surface area contributed by atoms with Crippen molar-refractivity contribution in [3.05, 3.63) is 54.1 Å². The predicted molar refractivity (Wildman–Crippen MR) is 153 cm³/mol. The third-order valence-corrected chi connectivity index (χ3v) is 7.07. The Hall–Kier alpha value is -4.63. The number of carbonyl (C=O) groups is 2. The Morgan fingerprint density at radius 1 is 1.22 bits per heavy atom. The number of hydrogen-bond donors (Lipinski definition) is 2. The molecule has 1 atom stereocenters. The molecular weight excluding hydrogens is 524 g/mol. The highest BCUT2D eigenvalue weighted by Gasteiger charge is 2.29. The van der Waals surface area contributed by atoms with Gasteiger partial charge in [-0.05, 0) is 64.7 Å². The van der Waals surface area contributed by atoms with Crippen molar-refractivity contribution in [3.63, 3.8) is 0 Å². The van der Waals surface area contributed by atoms with E-state index in [4.69, 9.17) is 20.3 Å². The number of benzene rings is 1. The zero-order valence-corrected chi connectivity index (χ0v) is 23.6. The number of nitriles is 1. The topological polar surface area (TPSA) is 153 Å². The highest BCUT2D eigenvalue weighted by Crippen LogP contribution is 2.31. The van der Waals surface area contributed by atoms with Crippen molar-refractivity contribution in [1.82, 2.24) is 24.7 Å². The molecule has 214 valence electrons. The van der Waals surface area contributed by atoms with Crippen LogP contribution in [0.4, 0.5) is 10.5 Å². The largest absolute Gasteiger partial charge is 0.443 e. The molecule has 1 fully saturated rings. The number of amides is 1. The summed E-state index contributed by atoms with van der Waals surface area (Å²) in [5.74, 6) is 0.418. The molecule has 1 saturated heterocycles. The summed E-state index contributed by atoms with van der Waals surface area (Å²) in [5.41, 5.74) is 10.3. The van der Waals surface area contributed by atoms with Crippen molar-refractivity contribution in [1.29, 1.82) is 5.26 Å². The van der Waals surface area contributed by atoms with E-state index in [9.17, 15) is 14.9 Å². The summed E-state index contributed by atoms with van der Waals surface area (Å²) in [6.07, 6.45) is 4.30. The van der Waals surface area contributed by atoms with E-state index in [0.717, 1.165) is 23.7 Å². The number of piperidine rings is 1. The monoisotopic (exact) mass is 558 g/mol. The molecule has 1 aliphatic rings. The molecule has 0 unspecified atom stereocenters. The average molecular weight is 559 g/mol. The maximum atomic E-state index is 12.9. The molecule has 3 N–H and O–H groups in total. The van der Waals surface area contributed by atoms with Gasteiger partial charge in [0.05, 0.1) is 17.8 Å². The third-order valence-electron chi connectivity index (χ3n) is 7.07. The molecule has 0 aliphatic carbocycles. The predicted octanol–water partition coefficient (Wildman–Crippen LogP) is 4.44. The molecule has 0 spiro atoms. The van der Waals surface area contributed by atoms with E-state index in [2.05, 4.69) is 21.5 Å². The molecule has 4 aromatic rings. The molecular formula is C29H34N8O4. The Kier molecular flexibility index (Phi) is 7.55. The van der Waals surface area contributed by atoms with Gasteiger partial charge in [-0.25, -0.2) is 29.5 Å². The number of imidazole rings is 1. The Morgan fingerprint density at radius 3 is 2.63 bits per heavy atom. The minimum atomic E-state index is -0.665. The van der Waals surface area contributed by atoms with Crippen LogP contribution < -0.4 is 16.2 Å². The van der Waals surface area contributed by atoms with Crippen LogP contribution in [0.5, 0.6) is 0 Å². The second-order valence-corrected chi connectivity index (χ2v) is 11.2. The van der Waals surface area contributed by atoms with Crippen molar-refractivity contribution in [2.24, 2.45) is 5.92 Å². The number of rotatable bonds is 6. The summed E-state index contributed by atoms with van der Waals surface area (Å²) in [6, 6.07) is 10.9. The van der Waals surface area contributed by atoms with Crippen LogP contribution in [-0.2, 0) is 9.57 Å². The summed E-state index contributed by atoms with van der Waals surface area (Å²) >= 11 is 0. The zero-order valence-electron chi connectivity index (χ0n) is 23.6. The van der Waals surface area contributed by atoms with Gasteiger partial charge in [0, 0.05) is 36.8 Å². The normalized spacial score (nSPS) is 15.1. The molecule has 5 rings (SSSR count). The SMILES string of the molecule is C[C@@H](ONC(=O)c1ccccc1N)c1nc2cnc3c(ccn3C(=O)OC(C)(C)C)c2n1N1CCC(CC#N)CC1. The molecule has 1 amide bonds. The number of carbonyl (C=O) groups excluding carboxylic acids is 2. The first kappa shape index (κ1) is 27.9. The molecule has 0 radical (unpaired) electrons. The van der Waals surface area contributed by atoms with E-state index >= 15 is 0 Å². The lowest BCUT2D eigenvalue weighted by Crippen LogP contribution is -2.43. The van der Waals surface area contributed by atoms with Crippen LogP contribution in [0.3, 0.4) is 0 Å². The van der Waals surface area contributed by atoms with Gasteiger partial charge in [-0.15, -0.1) is 0 Å². The molecule has 0 bridgehead atoms. The summed E-state index contributed by atoms with van der Waals surface area (Å²) < 4.78 is 8.97. The minimum Gasteiger partial charge on any atom is -0.443 e. The molecule has 12 nitrogen and oxygen atoms in total. The number of nitrogens with two attached hydrogens (primary N) is 1. The molecule has 41 heavy (non-hydrogen) atoms. The fraction of sp³-hybridized carbons (Fsp3) is 0.414. The van der Waals surface area contributed by atoms with E-state index < -0.39 is 23.7 Å². The number of nitrogen functional groups attached to an aromatic ring is 1. The maximum Gasteiger partial charge on any atom is 0.420 e.